The summed E-state index contributed by atoms with van der Waals surface area (Å²) in [4.78, 5) is 20.9. The molecule has 0 fully saturated rings. The zero-order valence-electron chi connectivity index (χ0n) is 9.29. The highest BCUT2D eigenvalue weighted by Crippen LogP contribution is 2.22. The topological polar surface area (TPSA) is 116 Å². The van der Waals surface area contributed by atoms with E-state index in [2.05, 4.69) is 20.7 Å². The van der Waals surface area contributed by atoms with Gasteiger partial charge in [-0.3, -0.25) is 10.1 Å². The van der Waals surface area contributed by atoms with E-state index in [0.717, 1.165) is 0 Å². The molecule has 0 N–H and O–H groups in total. The Hall–Kier alpha value is -2.71. The highest BCUT2D eigenvalue weighted by molar-refractivity contribution is 5.34. The summed E-state index contributed by atoms with van der Waals surface area (Å²) < 4.78 is 1.24. The van der Waals surface area contributed by atoms with Gasteiger partial charge in [-0.05, 0) is 34.7 Å². The second kappa shape index (κ2) is 4.65. The molecule has 0 saturated carbocycles. The molecule has 1 heterocycles. The van der Waals surface area contributed by atoms with E-state index in [9.17, 15) is 15.0 Å². The summed E-state index contributed by atoms with van der Waals surface area (Å²) in [7, 11) is 0. The zero-order chi connectivity index (χ0) is 13.1. The van der Waals surface area contributed by atoms with Gasteiger partial charge in [-0.2, -0.15) is 4.68 Å². The monoisotopic (exact) mass is 248 g/mol. The Morgan fingerprint density at radius 1 is 1.39 bits per heavy atom. The molecule has 0 bridgehead atoms. The number of nitro groups is 1. The van der Waals surface area contributed by atoms with E-state index < -0.39 is 11.1 Å². The van der Waals surface area contributed by atoms with Gasteiger partial charge in [0.15, 0.2) is 5.82 Å². The number of hydrogen-bond acceptors (Lipinski definition) is 7. The van der Waals surface area contributed by atoms with Crippen molar-refractivity contribution in [2.75, 3.05) is 0 Å². The summed E-state index contributed by atoms with van der Waals surface area (Å²) in [5.74, 6) is 0.429. The summed E-state index contributed by atoms with van der Waals surface area (Å²) in [6, 6.07) is 5.50. The second-order valence-electron chi connectivity index (χ2n) is 3.50. The van der Waals surface area contributed by atoms with Crippen LogP contribution in [0.2, 0.25) is 0 Å². The molecular weight excluding hydrogens is 240 g/mol. The highest BCUT2D eigenvalue weighted by Gasteiger charge is 2.18. The molecule has 1 atom stereocenters. The fourth-order valence-electron chi connectivity index (χ4n) is 1.48. The van der Waals surface area contributed by atoms with Crippen LogP contribution < -0.4 is 0 Å². The summed E-state index contributed by atoms with van der Waals surface area (Å²) in [5.41, 5.74) is 0.419. The number of rotatable bonds is 4. The van der Waals surface area contributed by atoms with Crippen LogP contribution in [0.25, 0.3) is 0 Å². The van der Waals surface area contributed by atoms with Gasteiger partial charge in [0.2, 0.25) is 6.17 Å². The van der Waals surface area contributed by atoms with Gasteiger partial charge in [0.25, 0.3) is 5.69 Å². The van der Waals surface area contributed by atoms with Gasteiger partial charge in [0, 0.05) is 17.7 Å². The molecule has 0 saturated heterocycles. The first kappa shape index (κ1) is 11.8. The largest absolute Gasteiger partial charge is 0.269 e. The van der Waals surface area contributed by atoms with Crippen LogP contribution in [0.15, 0.2) is 29.4 Å². The van der Waals surface area contributed by atoms with Gasteiger partial charge >= 0.3 is 0 Å². The number of tetrazole rings is 1. The number of nitro benzene ring substituents is 1. The van der Waals surface area contributed by atoms with Crippen molar-refractivity contribution in [2.24, 2.45) is 5.18 Å². The van der Waals surface area contributed by atoms with Crippen molar-refractivity contribution in [3.05, 3.63) is 50.7 Å². The Balaban J connectivity index is 2.37. The molecule has 0 amide bonds. The molecule has 0 aliphatic rings. The smallest absolute Gasteiger partial charge is 0.258 e. The van der Waals surface area contributed by atoms with Crippen LogP contribution >= 0.6 is 0 Å². The molecule has 1 unspecified atom stereocenters. The summed E-state index contributed by atoms with van der Waals surface area (Å²) in [6.07, 6.45) is -0.930. The van der Waals surface area contributed by atoms with Gasteiger partial charge in [0.05, 0.1) is 4.92 Å². The first-order chi connectivity index (χ1) is 8.63. The maximum atomic E-state index is 10.9. The lowest BCUT2D eigenvalue weighted by Gasteiger charge is -2.09. The van der Waals surface area contributed by atoms with Crippen molar-refractivity contribution in [1.29, 1.82) is 0 Å². The molecule has 1 aromatic heterocycles. The highest BCUT2D eigenvalue weighted by atomic mass is 16.6. The molecule has 0 aliphatic carbocycles. The van der Waals surface area contributed by atoms with E-state index in [4.69, 9.17) is 0 Å². The van der Waals surface area contributed by atoms with E-state index >= 15 is 0 Å². The summed E-state index contributed by atoms with van der Waals surface area (Å²) >= 11 is 0. The molecule has 92 valence electrons. The number of nitrogens with zero attached hydrogens (tertiary/aromatic N) is 6. The minimum absolute atomic E-state index is 0.0585. The van der Waals surface area contributed by atoms with Crippen molar-refractivity contribution < 1.29 is 4.92 Å². The van der Waals surface area contributed by atoms with Crippen LogP contribution in [0.4, 0.5) is 5.69 Å². The maximum Gasteiger partial charge on any atom is 0.269 e. The van der Waals surface area contributed by atoms with Crippen LogP contribution in [0.3, 0.4) is 0 Å². The third-order valence-corrected chi connectivity index (χ3v) is 2.39. The first-order valence-electron chi connectivity index (χ1n) is 4.94. The van der Waals surface area contributed by atoms with Crippen LogP contribution in [0, 0.1) is 21.9 Å². The van der Waals surface area contributed by atoms with Crippen molar-refractivity contribution in [2.45, 2.75) is 13.1 Å². The fraction of sp³-hybridized carbons (Fsp3) is 0.222. The number of benzene rings is 1. The Morgan fingerprint density at radius 2 is 2.06 bits per heavy atom. The zero-order valence-corrected chi connectivity index (χ0v) is 9.29. The standard InChI is InChI=1S/C9H8N6O3/c1-6-10-12-13-14(6)9(11-16)7-2-4-8(5-3-7)15(17)18/h2-5,9H,1H3. The van der Waals surface area contributed by atoms with E-state index in [0.29, 0.717) is 11.4 Å². The van der Waals surface area contributed by atoms with Crippen molar-refractivity contribution in [3.8, 4) is 0 Å². The third kappa shape index (κ3) is 2.05. The van der Waals surface area contributed by atoms with Crippen molar-refractivity contribution >= 4 is 5.69 Å². The van der Waals surface area contributed by atoms with Crippen LogP contribution in [-0.2, 0) is 0 Å². The van der Waals surface area contributed by atoms with Gasteiger partial charge in [-0.15, -0.1) is 10.0 Å². The molecule has 0 spiro atoms. The fourth-order valence-corrected chi connectivity index (χ4v) is 1.48. The minimum Gasteiger partial charge on any atom is -0.258 e. The third-order valence-electron chi connectivity index (χ3n) is 2.39. The quantitative estimate of drug-likeness (QED) is 0.456. The number of aryl methyl sites for hydroxylation is 1. The van der Waals surface area contributed by atoms with Crippen LogP contribution in [0.1, 0.15) is 17.6 Å². The number of nitroso groups, excluding NO2 is 1. The molecule has 2 rings (SSSR count). The predicted octanol–water partition coefficient (Wildman–Crippen LogP) is 1.20. The lowest BCUT2D eigenvalue weighted by molar-refractivity contribution is -0.384. The summed E-state index contributed by atoms with van der Waals surface area (Å²) in [5, 5.41) is 24.2. The molecular formula is C9H8N6O3. The molecule has 0 aliphatic heterocycles. The molecule has 9 heteroatoms. The normalized spacial score (nSPS) is 12.1. The second-order valence-corrected chi connectivity index (χ2v) is 3.50. The molecule has 18 heavy (non-hydrogen) atoms. The Labute approximate surface area is 101 Å². The van der Waals surface area contributed by atoms with E-state index in [1.807, 2.05) is 0 Å². The Morgan fingerprint density at radius 3 is 2.50 bits per heavy atom. The SMILES string of the molecule is Cc1nnnn1C(N=O)c1ccc([N+](=O)[O-])cc1. The predicted molar refractivity (Wildman–Crippen MR) is 59.6 cm³/mol. The lowest BCUT2D eigenvalue weighted by Crippen LogP contribution is -2.11. The molecule has 9 nitrogen and oxygen atoms in total. The Kier molecular flexibility index (Phi) is 3.04. The average Bonchev–Trinajstić information content (AvgIpc) is 2.78. The average molecular weight is 248 g/mol. The van der Waals surface area contributed by atoms with E-state index in [1.165, 1.54) is 28.9 Å². The number of hydrogen-bond donors (Lipinski definition) is 0. The van der Waals surface area contributed by atoms with Crippen molar-refractivity contribution in [3.63, 3.8) is 0 Å². The van der Waals surface area contributed by atoms with E-state index in [1.54, 1.807) is 6.92 Å². The van der Waals surface area contributed by atoms with Gasteiger partial charge in [0.1, 0.15) is 0 Å². The molecule has 0 radical (unpaired) electrons. The lowest BCUT2D eigenvalue weighted by atomic mass is 10.1. The molecule has 1 aromatic carbocycles. The van der Waals surface area contributed by atoms with E-state index in [-0.39, 0.29) is 5.69 Å². The van der Waals surface area contributed by atoms with Gasteiger partial charge < -0.3 is 0 Å². The maximum absolute atomic E-state index is 10.9. The summed E-state index contributed by atoms with van der Waals surface area (Å²) in [6.45, 7) is 1.63. The van der Waals surface area contributed by atoms with Gasteiger partial charge in [-0.1, -0.05) is 0 Å². The van der Waals surface area contributed by atoms with Crippen LogP contribution in [-0.4, -0.2) is 25.1 Å². The number of non-ortho nitro benzene ring substituents is 1. The Bertz CT molecular complexity index is 578. The molecule has 2 aromatic rings. The minimum atomic E-state index is -0.930. The van der Waals surface area contributed by atoms with Gasteiger partial charge in [-0.25, -0.2) is 0 Å². The van der Waals surface area contributed by atoms with Crippen LogP contribution in [0.5, 0.6) is 0 Å². The first-order valence-corrected chi connectivity index (χ1v) is 4.94. The van der Waals surface area contributed by atoms with Crippen molar-refractivity contribution in [1.82, 2.24) is 20.2 Å². The number of aromatic nitrogens is 4.